The average Bonchev–Trinajstić information content (AvgIpc) is 2.61. The van der Waals surface area contributed by atoms with E-state index in [0.717, 1.165) is 0 Å². The molecular formula is C17H13N3O5. The third-order valence-electron chi connectivity index (χ3n) is 3.71. The summed E-state index contributed by atoms with van der Waals surface area (Å²) in [6, 6.07) is 10.8. The van der Waals surface area contributed by atoms with Gasteiger partial charge in [-0.2, -0.15) is 0 Å². The van der Waals surface area contributed by atoms with Crippen molar-refractivity contribution in [3.8, 4) is 5.75 Å². The highest BCUT2D eigenvalue weighted by Crippen LogP contribution is 2.21. The van der Waals surface area contributed by atoms with E-state index in [-0.39, 0.29) is 34.6 Å². The number of ketones is 1. The molecule has 8 heteroatoms. The summed E-state index contributed by atoms with van der Waals surface area (Å²) in [7, 11) is 1.52. The quantitative estimate of drug-likeness (QED) is 0.433. The summed E-state index contributed by atoms with van der Waals surface area (Å²) in [6.07, 6.45) is -0.208. The summed E-state index contributed by atoms with van der Waals surface area (Å²) in [5.41, 5.74) is -0.141. The number of nitrogens with zero attached hydrogens (tertiary/aromatic N) is 2. The van der Waals surface area contributed by atoms with E-state index in [0.29, 0.717) is 11.3 Å². The highest BCUT2D eigenvalue weighted by atomic mass is 16.6. The van der Waals surface area contributed by atoms with Crippen molar-refractivity contribution in [3.05, 3.63) is 74.2 Å². The minimum atomic E-state index is -0.622. The van der Waals surface area contributed by atoms with E-state index in [1.54, 1.807) is 30.3 Å². The number of methoxy groups -OCH3 is 1. The molecular weight excluding hydrogens is 326 g/mol. The van der Waals surface area contributed by atoms with Crippen LogP contribution in [0.2, 0.25) is 0 Å². The van der Waals surface area contributed by atoms with Crippen molar-refractivity contribution in [2.24, 2.45) is 0 Å². The number of H-pyrrole nitrogens is 1. The average molecular weight is 339 g/mol. The lowest BCUT2D eigenvalue weighted by Crippen LogP contribution is -2.19. The molecule has 126 valence electrons. The van der Waals surface area contributed by atoms with Gasteiger partial charge in [0.2, 0.25) is 0 Å². The number of nitrogens with one attached hydrogen (secondary N) is 1. The van der Waals surface area contributed by atoms with Crippen LogP contribution in [0.3, 0.4) is 0 Å². The van der Waals surface area contributed by atoms with E-state index in [1.807, 2.05) is 0 Å². The second-order valence-corrected chi connectivity index (χ2v) is 5.27. The van der Waals surface area contributed by atoms with Crippen LogP contribution in [0.15, 0.2) is 47.3 Å². The maximum atomic E-state index is 12.3. The van der Waals surface area contributed by atoms with Crippen molar-refractivity contribution < 1.29 is 14.5 Å². The summed E-state index contributed by atoms with van der Waals surface area (Å²) in [5, 5.41) is 11.0. The Bertz CT molecular complexity index is 1020. The molecule has 0 aliphatic rings. The predicted molar refractivity (Wildman–Crippen MR) is 90.0 cm³/mol. The van der Waals surface area contributed by atoms with Crippen LogP contribution in [-0.2, 0) is 6.42 Å². The maximum absolute atomic E-state index is 12.3. The molecule has 0 unspecified atom stereocenters. The molecule has 0 saturated heterocycles. The second kappa shape index (κ2) is 6.52. The maximum Gasteiger partial charge on any atom is 0.295 e. The van der Waals surface area contributed by atoms with E-state index in [2.05, 4.69) is 9.97 Å². The van der Waals surface area contributed by atoms with Gasteiger partial charge in [-0.05, 0) is 30.3 Å². The molecule has 1 aromatic heterocycles. The van der Waals surface area contributed by atoms with Gasteiger partial charge in [-0.15, -0.1) is 0 Å². The molecule has 0 aliphatic heterocycles. The van der Waals surface area contributed by atoms with Crippen molar-refractivity contribution in [2.45, 2.75) is 6.42 Å². The fourth-order valence-corrected chi connectivity index (χ4v) is 2.43. The van der Waals surface area contributed by atoms with E-state index < -0.39 is 10.5 Å². The summed E-state index contributed by atoms with van der Waals surface area (Å²) >= 11 is 0. The number of aromatic amines is 1. The number of nitro benzene ring substituents is 1. The van der Waals surface area contributed by atoms with Crippen LogP contribution in [0, 0.1) is 10.1 Å². The highest BCUT2D eigenvalue weighted by molar-refractivity contribution is 5.97. The molecule has 3 rings (SSSR count). The Labute approximate surface area is 141 Å². The van der Waals surface area contributed by atoms with Gasteiger partial charge in [0.25, 0.3) is 11.2 Å². The van der Waals surface area contributed by atoms with Crippen LogP contribution in [0.5, 0.6) is 5.75 Å². The lowest BCUT2D eigenvalue weighted by atomic mass is 10.1. The predicted octanol–water partition coefficient (Wildman–Crippen LogP) is 2.27. The van der Waals surface area contributed by atoms with Gasteiger partial charge in [0.15, 0.2) is 5.78 Å². The van der Waals surface area contributed by atoms with E-state index in [9.17, 15) is 19.7 Å². The molecule has 0 bridgehead atoms. The molecule has 3 aromatic rings. The number of Topliss-reactive ketones (excluding diaryl/α,β-unsaturated/α-hetero) is 1. The Balaban J connectivity index is 1.96. The Kier molecular flexibility index (Phi) is 4.25. The van der Waals surface area contributed by atoms with Crippen molar-refractivity contribution in [2.75, 3.05) is 7.11 Å². The number of nitro groups is 1. The van der Waals surface area contributed by atoms with Gasteiger partial charge < -0.3 is 9.72 Å². The first-order valence-corrected chi connectivity index (χ1v) is 7.33. The number of aromatic nitrogens is 2. The van der Waals surface area contributed by atoms with Crippen molar-refractivity contribution in [3.63, 3.8) is 0 Å². The van der Waals surface area contributed by atoms with Crippen LogP contribution in [-0.4, -0.2) is 27.8 Å². The summed E-state index contributed by atoms with van der Waals surface area (Å²) < 4.78 is 5.03. The molecule has 0 fully saturated rings. The Morgan fingerprint density at radius 1 is 1.24 bits per heavy atom. The summed E-state index contributed by atoms with van der Waals surface area (Å²) in [4.78, 5) is 41.5. The zero-order chi connectivity index (χ0) is 18.0. The third-order valence-corrected chi connectivity index (χ3v) is 3.71. The first-order chi connectivity index (χ1) is 12.0. The van der Waals surface area contributed by atoms with Crippen molar-refractivity contribution >= 4 is 22.5 Å². The zero-order valence-corrected chi connectivity index (χ0v) is 13.2. The fourth-order valence-electron chi connectivity index (χ4n) is 2.43. The summed E-state index contributed by atoms with van der Waals surface area (Å²) in [5.74, 6) is 0.330. The molecule has 0 radical (unpaired) electrons. The number of hydrogen-bond acceptors (Lipinski definition) is 6. The van der Waals surface area contributed by atoms with Crippen LogP contribution in [0.4, 0.5) is 5.69 Å². The van der Waals surface area contributed by atoms with Crippen molar-refractivity contribution in [1.29, 1.82) is 0 Å². The van der Waals surface area contributed by atoms with Crippen LogP contribution >= 0.6 is 0 Å². The van der Waals surface area contributed by atoms with Crippen LogP contribution in [0.1, 0.15) is 16.1 Å². The fraction of sp³-hybridized carbons (Fsp3) is 0.118. The third kappa shape index (κ3) is 3.23. The van der Waals surface area contributed by atoms with Gasteiger partial charge in [0, 0.05) is 11.6 Å². The largest absolute Gasteiger partial charge is 0.497 e. The number of carbonyl (C=O) groups excluding carboxylic acids is 1. The number of benzene rings is 2. The van der Waals surface area contributed by atoms with Gasteiger partial charge >= 0.3 is 0 Å². The van der Waals surface area contributed by atoms with Gasteiger partial charge in [0.1, 0.15) is 17.0 Å². The smallest absolute Gasteiger partial charge is 0.295 e. The van der Waals surface area contributed by atoms with Gasteiger partial charge in [0.05, 0.1) is 24.0 Å². The standard InChI is InChI=1S/C17H13N3O5/c1-25-11-7-5-10(6-8-11)15(21)9-13-17(22)19-16-12(18-13)3-2-4-14(16)20(23)24/h2-8H,9H2,1H3,(H,19,22). The first kappa shape index (κ1) is 16.3. The first-order valence-electron chi connectivity index (χ1n) is 7.33. The van der Waals surface area contributed by atoms with Gasteiger partial charge in [-0.1, -0.05) is 6.07 Å². The van der Waals surface area contributed by atoms with E-state index in [1.165, 1.54) is 19.2 Å². The Morgan fingerprint density at radius 3 is 2.60 bits per heavy atom. The van der Waals surface area contributed by atoms with Crippen LogP contribution < -0.4 is 10.3 Å². The number of fused-ring (bicyclic) bond motifs is 1. The molecule has 0 saturated carbocycles. The lowest BCUT2D eigenvalue weighted by Gasteiger charge is -2.04. The summed E-state index contributed by atoms with van der Waals surface area (Å²) in [6.45, 7) is 0. The van der Waals surface area contributed by atoms with Crippen LogP contribution in [0.25, 0.3) is 11.0 Å². The van der Waals surface area contributed by atoms with Crippen molar-refractivity contribution in [1.82, 2.24) is 9.97 Å². The number of hydrogen-bond donors (Lipinski definition) is 1. The normalized spacial score (nSPS) is 10.6. The number of ether oxygens (including phenoxy) is 1. The SMILES string of the molecule is COc1ccc(C(=O)Cc2nc3cccc([N+](=O)[O-])c3[nH]c2=O)cc1. The molecule has 0 atom stereocenters. The highest BCUT2D eigenvalue weighted by Gasteiger charge is 2.17. The Hall–Kier alpha value is -3.55. The van der Waals surface area contributed by atoms with E-state index in [4.69, 9.17) is 4.74 Å². The molecule has 8 nitrogen and oxygen atoms in total. The van der Waals surface area contributed by atoms with Gasteiger partial charge in [-0.25, -0.2) is 4.98 Å². The molecule has 0 amide bonds. The molecule has 0 aliphatic carbocycles. The number of para-hydroxylation sites is 1. The second-order valence-electron chi connectivity index (χ2n) is 5.27. The Morgan fingerprint density at radius 2 is 1.96 bits per heavy atom. The zero-order valence-electron chi connectivity index (χ0n) is 13.2. The van der Waals surface area contributed by atoms with Gasteiger partial charge in [-0.3, -0.25) is 19.7 Å². The monoisotopic (exact) mass is 339 g/mol. The minimum Gasteiger partial charge on any atom is -0.497 e. The number of carbonyl (C=O) groups is 1. The topological polar surface area (TPSA) is 115 Å². The molecule has 1 heterocycles. The van der Waals surface area contributed by atoms with E-state index >= 15 is 0 Å². The molecule has 25 heavy (non-hydrogen) atoms. The lowest BCUT2D eigenvalue weighted by molar-refractivity contribution is -0.383. The molecule has 1 N–H and O–H groups in total. The molecule has 0 spiro atoms. The molecule has 2 aromatic carbocycles. The number of rotatable bonds is 5. The minimum absolute atomic E-state index is 0.00816. The number of non-ortho nitro benzene ring substituents is 1.